The molecule has 1 amide bonds. The number of benzene rings is 1. The Kier molecular flexibility index (Phi) is 5.98. The van der Waals surface area contributed by atoms with E-state index >= 15 is 0 Å². The van der Waals surface area contributed by atoms with Gasteiger partial charge in [-0.05, 0) is 49.2 Å². The molecule has 1 aliphatic rings. The van der Waals surface area contributed by atoms with Gasteiger partial charge >= 0.3 is 0 Å². The number of aliphatic carboxylic acids is 1. The SMILES string of the molecule is COc1ccc(-c2ccc(/C=C3\SC(=S)N(CCCC(=O)[O-])C3=O)o2)cc1. The first-order chi connectivity index (χ1) is 13.0. The summed E-state index contributed by atoms with van der Waals surface area (Å²) in [5, 5.41) is 10.5. The summed E-state index contributed by atoms with van der Waals surface area (Å²) in [4.78, 5) is 24.8. The third kappa shape index (κ3) is 4.58. The lowest BCUT2D eigenvalue weighted by atomic mass is 10.2. The van der Waals surface area contributed by atoms with Crippen molar-refractivity contribution in [2.24, 2.45) is 0 Å². The van der Waals surface area contributed by atoms with E-state index in [4.69, 9.17) is 21.4 Å². The number of carbonyl (C=O) groups excluding carboxylic acids is 2. The summed E-state index contributed by atoms with van der Waals surface area (Å²) < 4.78 is 11.4. The Labute approximate surface area is 165 Å². The fourth-order valence-corrected chi connectivity index (χ4v) is 3.83. The Morgan fingerprint density at radius 1 is 1.30 bits per heavy atom. The van der Waals surface area contributed by atoms with Crippen LogP contribution in [0.3, 0.4) is 0 Å². The summed E-state index contributed by atoms with van der Waals surface area (Å²) in [6.45, 7) is 0.255. The van der Waals surface area contributed by atoms with Crippen molar-refractivity contribution in [3.63, 3.8) is 0 Å². The van der Waals surface area contributed by atoms with Crippen molar-refractivity contribution in [3.05, 3.63) is 47.1 Å². The molecular weight excluding hydrogens is 386 g/mol. The molecule has 0 bridgehead atoms. The number of methoxy groups -OCH3 is 1. The maximum atomic E-state index is 12.5. The van der Waals surface area contributed by atoms with E-state index in [9.17, 15) is 14.7 Å². The molecule has 6 nitrogen and oxygen atoms in total. The summed E-state index contributed by atoms with van der Waals surface area (Å²) in [6.07, 6.45) is 1.83. The van der Waals surface area contributed by atoms with Crippen molar-refractivity contribution in [2.75, 3.05) is 13.7 Å². The molecule has 0 aliphatic carbocycles. The Morgan fingerprint density at radius 3 is 2.70 bits per heavy atom. The second-order valence-corrected chi connectivity index (χ2v) is 7.42. The Bertz CT molecular complexity index is 901. The van der Waals surface area contributed by atoms with E-state index in [1.807, 2.05) is 30.3 Å². The fourth-order valence-electron chi connectivity index (χ4n) is 2.54. The van der Waals surface area contributed by atoms with Crippen molar-refractivity contribution in [1.29, 1.82) is 0 Å². The highest BCUT2D eigenvalue weighted by molar-refractivity contribution is 8.26. The van der Waals surface area contributed by atoms with Gasteiger partial charge in [-0.15, -0.1) is 0 Å². The molecule has 2 aromatic rings. The molecule has 1 saturated heterocycles. The van der Waals surface area contributed by atoms with Crippen LogP contribution in [0.5, 0.6) is 5.75 Å². The van der Waals surface area contributed by atoms with Crippen molar-refractivity contribution in [3.8, 4) is 17.1 Å². The molecule has 8 heteroatoms. The minimum atomic E-state index is -1.14. The van der Waals surface area contributed by atoms with Gasteiger partial charge in [-0.2, -0.15) is 0 Å². The molecule has 1 fully saturated rings. The van der Waals surface area contributed by atoms with Gasteiger partial charge in [-0.25, -0.2) is 0 Å². The van der Waals surface area contributed by atoms with Crippen LogP contribution in [0.4, 0.5) is 0 Å². The van der Waals surface area contributed by atoms with Crippen LogP contribution in [0.2, 0.25) is 0 Å². The normalized spacial score (nSPS) is 15.6. The first kappa shape index (κ1) is 19.2. The zero-order valence-corrected chi connectivity index (χ0v) is 16.1. The lowest BCUT2D eigenvalue weighted by molar-refractivity contribution is -0.305. The highest BCUT2D eigenvalue weighted by Crippen LogP contribution is 2.34. The molecule has 0 radical (unpaired) electrons. The molecule has 0 atom stereocenters. The number of ether oxygens (including phenoxy) is 1. The van der Waals surface area contributed by atoms with Crippen LogP contribution in [0.25, 0.3) is 17.4 Å². The molecule has 0 N–H and O–H groups in total. The van der Waals surface area contributed by atoms with Crippen LogP contribution in [-0.4, -0.2) is 34.8 Å². The molecule has 0 unspecified atom stereocenters. The molecule has 2 heterocycles. The minimum Gasteiger partial charge on any atom is -0.550 e. The Balaban J connectivity index is 1.71. The number of hydrogen-bond acceptors (Lipinski definition) is 7. The number of amides is 1. The zero-order chi connectivity index (χ0) is 19.4. The molecule has 27 heavy (non-hydrogen) atoms. The Morgan fingerprint density at radius 2 is 2.04 bits per heavy atom. The van der Waals surface area contributed by atoms with Crippen molar-refractivity contribution in [2.45, 2.75) is 12.8 Å². The van der Waals surface area contributed by atoms with E-state index in [1.54, 1.807) is 19.3 Å². The van der Waals surface area contributed by atoms with Crippen LogP contribution in [-0.2, 0) is 9.59 Å². The molecule has 0 spiro atoms. The third-order valence-corrected chi connectivity index (χ3v) is 5.29. The van der Waals surface area contributed by atoms with Gasteiger partial charge in [-0.3, -0.25) is 9.69 Å². The summed E-state index contributed by atoms with van der Waals surface area (Å²) in [6, 6.07) is 11.1. The van der Waals surface area contributed by atoms with Crippen LogP contribution in [0.15, 0.2) is 45.7 Å². The molecule has 0 saturated carbocycles. The number of hydrogen-bond donors (Lipinski definition) is 0. The Hall–Kier alpha value is -2.58. The van der Waals surface area contributed by atoms with Gasteiger partial charge in [0.2, 0.25) is 0 Å². The van der Waals surface area contributed by atoms with Crippen molar-refractivity contribution >= 4 is 46.3 Å². The average molecular weight is 402 g/mol. The summed E-state index contributed by atoms with van der Waals surface area (Å²) in [5.74, 6) is 0.584. The molecular formula is C19H16NO5S2-. The summed E-state index contributed by atoms with van der Waals surface area (Å²) in [7, 11) is 1.61. The molecule has 1 aliphatic heterocycles. The third-order valence-electron chi connectivity index (χ3n) is 3.91. The van der Waals surface area contributed by atoms with E-state index in [-0.39, 0.29) is 18.9 Å². The van der Waals surface area contributed by atoms with Gasteiger partial charge < -0.3 is 19.1 Å². The number of thioether (sulfide) groups is 1. The van der Waals surface area contributed by atoms with Gasteiger partial charge in [0.15, 0.2) is 0 Å². The molecule has 3 rings (SSSR count). The summed E-state index contributed by atoms with van der Waals surface area (Å²) in [5.41, 5.74) is 0.894. The zero-order valence-electron chi connectivity index (χ0n) is 14.5. The average Bonchev–Trinajstić information content (AvgIpc) is 3.22. The smallest absolute Gasteiger partial charge is 0.266 e. The predicted molar refractivity (Wildman–Crippen MR) is 105 cm³/mol. The van der Waals surface area contributed by atoms with Gasteiger partial charge in [0.25, 0.3) is 5.91 Å². The number of nitrogens with zero attached hydrogens (tertiary/aromatic N) is 1. The van der Waals surface area contributed by atoms with E-state index in [0.29, 0.717) is 27.2 Å². The van der Waals surface area contributed by atoms with Gasteiger partial charge in [0.1, 0.15) is 21.6 Å². The quantitative estimate of drug-likeness (QED) is 0.520. The first-order valence-corrected chi connectivity index (χ1v) is 9.40. The van der Waals surface area contributed by atoms with Crippen molar-refractivity contribution < 1.29 is 23.8 Å². The monoisotopic (exact) mass is 402 g/mol. The maximum absolute atomic E-state index is 12.5. The largest absolute Gasteiger partial charge is 0.550 e. The topological polar surface area (TPSA) is 82.8 Å². The van der Waals surface area contributed by atoms with E-state index < -0.39 is 5.97 Å². The second-order valence-electron chi connectivity index (χ2n) is 5.74. The second kappa shape index (κ2) is 8.41. The number of carboxylic acids is 1. The number of furan rings is 1. The number of carboxylic acid groups (broad SMARTS) is 1. The van der Waals surface area contributed by atoms with Gasteiger partial charge in [-0.1, -0.05) is 24.0 Å². The molecule has 1 aromatic carbocycles. The highest BCUT2D eigenvalue weighted by atomic mass is 32.2. The van der Waals surface area contributed by atoms with Gasteiger partial charge in [0.05, 0.1) is 12.0 Å². The summed E-state index contributed by atoms with van der Waals surface area (Å²) >= 11 is 6.39. The first-order valence-electron chi connectivity index (χ1n) is 8.17. The van der Waals surface area contributed by atoms with E-state index in [1.165, 1.54) is 16.7 Å². The predicted octanol–water partition coefficient (Wildman–Crippen LogP) is 2.69. The lowest BCUT2D eigenvalue weighted by Gasteiger charge is -2.14. The number of thiocarbonyl (C=S) groups is 1. The van der Waals surface area contributed by atoms with E-state index in [2.05, 4.69) is 0 Å². The number of rotatable bonds is 7. The fraction of sp³-hybridized carbons (Fsp3) is 0.211. The van der Waals surface area contributed by atoms with Crippen molar-refractivity contribution in [1.82, 2.24) is 4.90 Å². The number of carbonyl (C=O) groups is 2. The molecule has 140 valence electrons. The van der Waals surface area contributed by atoms with Crippen LogP contribution in [0.1, 0.15) is 18.6 Å². The minimum absolute atomic E-state index is 0.112. The van der Waals surface area contributed by atoms with Crippen LogP contribution < -0.4 is 9.84 Å². The van der Waals surface area contributed by atoms with Crippen LogP contribution in [0, 0.1) is 0 Å². The maximum Gasteiger partial charge on any atom is 0.266 e. The lowest BCUT2D eigenvalue weighted by Crippen LogP contribution is -2.30. The van der Waals surface area contributed by atoms with Gasteiger partial charge in [0, 0.05) is 24.2 Å². The van der Waals surface area contributed by atoms with Crippen LogP contribution >= 0.6 is 24.0 Å². The van der Waals surface area contributed by atoms with E-state index in [0.717, 1.165) is 11.3 Å². The highest BCUT2D eigenvalue weighted by Gasteiger charge is 2.31. The standard InChI is InChI=1S/C19H17NO5S2/c1-24-13-6-4-12(5-7-13)15-9-8-14(25-15)11-16-18(23)20(19(26)27-16)10-2-3-17(21)22/h4-9,11H,2-3,10H2,1H3,(H,21,22)/p-1/b16-11-. The molecule has 1 aromatic heterocycles.